The highest BCUT2D eigenvalue weighted by molar-refractivity contribution is 7.98. The third-order valence-electron chi connectivity index (χ3n) is 8.53. The number of benzene rings is 4. The van der Waals surface area contributed by atoms with Gasteiger partial charge in [0, 0.05) is 23.9 Å². The Labute approximate surface area is 288 Å². The molecule has 0 heterocycles. The maximum Gasteiger partial charge on any atom is 0.264 e. The van der Waals surface area contributed by atoms with E-state index < -0.39 is 28.5 Å². The Bertz CT molecular complexity index is 1750. The molecule has 5 rings (SSSR count). The summed E-state index contributed by atoms with van der Waals surface area (Å²) in [5.41, 5.74) is 1.97. The van der Waals surface area contributed by atoms with Gasteiger partial charge >= 0.3 is 0 Å². The van der Waals surface area contributed by atoms with Gasteiger partial charge in [0.05, 0.1) is 17.2 Å². The smallest absolute Gasteiger partial charge is 0.264 e. The maximum absolute atomic E-state index is 14.7. The first-order valence-electron chi connectivity index (χ1n) is 16.4. The molecule has 1 aliphatic carbocycles. The summed E-state index contributed by atoms with van der Waals surface area (Å²) in [6, 6.07) is 31.7. The monoisotopic (exact) mass is 685 g/mol. The minimum atomic E-state index is -4.25. The molecule has 0 bridgehead atoms. The number of amides is 2. The van der Waals surface area contributed by atoms with Crippen LogP contribution in [0.25, 0.3) is 0 Å². The Morgan fingerprint density at radius 2 is 1.46 bits per heavy atom. The van der Waals surface area contributed by atoms with Gasteiger partial charge in [-0.1, -0.05) is 85.6 Å². The Morgan fingerprint density at radius 3 is 2.08 bits per heavy atom. The van der Waals surface area contributed by atoms with E-state index in [1.807, 2.05) is 73.8 Å². The molecule has 1 aliphatic rings. The molecular weight excluding hydrogens is 643 g/mol. The van der Waals surface area contributed by atoms with Crippen molar-refractivity contribution in [3.05, 3.63) is 120 Å². The van der Waals surface area contributed by atoms with Crippen LogP contribution in [0.15, 0.2) is 119 Å². The first-order chi connectivity index (χ1) is 23.3. The van der Waals surface area contributed by atoms with Crippen molar-refractivity contribution < 1.29 is 22.7 Å². The molecule has 252 valence electrons. The van der Waals surface area contributed by atoms with Gasteiger partial charge in [-0.05, 0) is 73.5 Å². The molecular formula is C38H43N3O5S2. The fraction of sp³-hybridized carbons (Fsp3) is 0.316. The fourth-order valence-corrected chi connectivity index (χ4v) is 7.86. The minimum Gasteiger partial charge on any atom is -0.492 e. The SMILES string of the molecule is CCOc1ccccc1N(CC(=O)N(Cc1ccccc1)C(Cc1ccccc1)C(=O)NC1CCCC1)S(=O)(=O)c1ccc(SC)cc1. The molecule has 4 aromatic rings. The van der Waals surface area contributed by atoms with E-state index >= 15 is 0 Å². The van der Waals surface area contributed by atoms with Crippen LogP contribution in [0.5, 0.6) is 5.75 Å². The fourth-order valence-electron chi connectivity index (χ4n) is 6.03. The van der Waals surface area contributed by atoms with Gasteiger partial charge in [0.1, 0.15) is 18.3 Å². The average Bonchev–Trinajstić information content (AvgIpc) is 3.63. The van der Waals surface area contributed by atoms with Crippen molar-refractivity contribution in [1.82, 2.24) is 10.2 Å². The lowest BCUT2D eigenvalue weighted by Gasteiger charge is -2.34. The Morgan fingerprint density at radius 1 is 0.854 bits per heavy atom. The number of anilines is 1. The van der Waals surface area contributed by atoms with Crippen LogP contribution in [0.3, 0.4) is 0 Å². The molecule has 0 saturated heterocycles. The van der Waals surface area contributed by atoms with Gasteiger partial charge in [-0.25, -0.2) is 8.42 Å². The van der Waals surface area contributed by atoms with E-state index in [1.165, 1.54) is 16.7 Å². The first kappa shape index (κ1) is 35.0. The lowest BCUT2D eigenvalue weighted by Crippen LogP contribution is -2.54. The number of carbonyl (C=O) groups is 2. The molecule has 1 unspecified atom stereocenters. The predicted octanol–water partition coefficient (Wildman–Crippen LogP) is 6.70. The summed E-state index contributed by atoms with van der Waals surface area (Å²) >= 11 is 1.51. The van der Waals surface area contributed by atoms with Crippen LogP contribution in [-0.4, -0.2) is 56.6 Å². The molecule has 48 heavy (non-hydrogen) atoms. The van der Waals surface area contributed by atoms with Gasteiger partial charge in [0.25, 0.3) is 10.0 Å². The molecule has 8 nitrogen and oxygen atoms in total. The van der Waals surface area contributed by atoms with Crippen molar-refractivity contribution in [2.24, 2.45) is 0 Å². The van der Waals surface area contributed by atoms with Gasteiger partial charge in [0.2, 0.25) is 11.8 Å². The summed E-state index contributed by atoms with van der Waals surface area (Å²) in [7, 11) is -4.25. The van der Waals surface area contributed by atoms with Crippen molar-refractivity contribution in [1.29, 1.82) is 0 Å². The van der Waals surface area contributed by atoms with Crippen LogP contribution in [0.1, 0.15) is 43.7 Å². The first-order valence-corrected chi connectivity index (χ1v) is 19.0. The quantitative estimate of drug-likeness (QED) is 0.140. The van der Waals surface area contributed by atoms with Crippen LogP contribution in [0, 0.1) is 0 Å². The number of nitrogens with zero attached hydrogens (tertiary/aromatic N) is 2. The lowest BCUT2D eigenvalue weighted by molar-refractivity contribution is -0.140. The Kier molecular flexibility index (Phi) is 12.2. The highest BCUT2D eigenvalue weighted by Crippen LogP contribution is 2.33. The zero-order valence-corrected chi connectivity index (χ0v) is 29.1. The summed E-state index contributed by atoms with van der Waals surface area (Å²) < 4.78 is 35.9. The summed E-state index contributed by atoms with van der Waals surface area (Å²) in [6.45, 7) is 1.72. The minimum absolute atomic E-state index is 0.0450. The second kappa shape index (κ2) is 16.7. The summed E-state index contributed by atoms with van der Waals surface area (Å²) in [4.78, 5) is 31.4. The van der Waals surface area contributed by atoms with Crippen LogP contribution in [0.2, 0.25) is 0 Å². The van der Waals surface area contributed by atoms with Crippen molar-refractivity contribution in [3.8, 4) is 5.75 Å². The summed E-state index contributed by atoms with van der Waals surface area (Å²) in [5, 5.41) is 3.21. The molecule has 1 saturated carbocycles. The number of para-hydroxylation sites is 2. The average molecular weight is 686 g/mol. The van der Waals surface area contributed by atoms with Gasteiger partial charge in [-0.3, -0.25) is 13.9 Å². The molecule has 1 N–H and O–H groups in total. The van der Waals surface area contributed by atoms with E-state index in [0.29, 0.717) is 12.4 Å². The van der Waals surface area contributed by atoms with Gasteiger partial charge in [-0.2, -0.15) is 0 Å². The number of rotatable bonds is 15. The van der Waals surface area contributed by atoms with Crippen molar-refractivity contribution >= 4 is 39.3 Å². The number of hydrogen-bond acceptors (Lipinski definition) is 6. The van der Waals surface area contributed by atoms with E-state index in [1.54, 1.807) is 48.5 Å². The zero-order chi connectivity index (χ0) is 33.9. The number of ether oxygens (including phenoxy) is 1. The number of hydrogen-bond donors (Lipinski definition) is 1. The zero-order valence-electron chi connectivity index (χ0n) is 27.5. The standard InChI is InChI=1S/C38H43N3O5S2/c1-3-46-36-21-13-12-20-34(36)41(48(44,45)33-24-22-32(47-2)23-25-33)28-37(42)40(27-30-16-8-5-9-17-30)35(26-29-14-6-4-7-15-29)38(43)39-31-18-10-11-19-31/h4-9,12-17,20-25,31,35H,3,10-11,18-19,26-28H2,1-2H3,(H,39,43). The number of carbonyl (C=O) groups excluding carboxylic acids is 2. The summed E-state index contributed by atoms with van der Waals surface area (Å²) in [5.74, 6) is -0.407. The van der Waals surface area contributed by atoms with Crippen LogP contribution in [-0.2, 0) is 32.6 Å². The third-order valence-corrected chi connectivity index (χ3v) is 11.0. The highest BCUT2D eigenvalue weighted by Gasteiger charge is 2.36. The van der Waals surface area contributed by atoms with Crippen LogP contribution >= 0.6 is 11.8 Å². The largest absolute Gasteiger partial charge is 0.492 e. The van der Waals surface area contributed by atoms with Crippen molar-refractivity contribution in [2.75, 3.05) is 23.7 Å². The van der Waals surface area contributed by atoms with Crippen molar-refractivity contribution in [3.63, 3.8) is 0 Å². The molecule has 0 spiro atoms. The van der Waals surface area contributed by atoms with Crippen molar-refractivity contribution in [2.45, 2.75) is 67.4 Å². The number of nitrogens with one attached hydrogen (secondary N) is 1. The van der Waals surface area contributed by atoms with E-state index in [4.69, 9.17) is 4.74 Å². The predicted molar refractivity (Wildman–Crippen MR) is 192 cm³/mol. The van der Waals surface area contributed by atoms with E-state index in [0.717, 1.165) is 46.0 Å². The lowest BCUT2D eigenvalue weighted by atomic mass is 10.0. The maximum atomic E-state index is 14.7. The van der Waals surface area contributed by atoms with Crippen LogP contribution < -0.4 is 14.4 Å². The Balaban J connectivity index is 1.58. The molecule has 1 fully saturated rings. The number of sulfonamides is 1. The molecule has 0 radical (unpaired) electrons. The Hall–Kier alpha value is -4.28. The van der Waals surface area contributed by atoms with E-state index in [2.05, 4.69) is 5.32 Å². The van der Waals surface area contributed by atoms with Gasteiger partial charge in [-0.15, -0.1) is 11.8 Å². The number of thioether (sulfide) groups is 1. The third kappa shape index (κ3) is 8.79. The summed E-state index contributed by atoms with van der Waals surface area (Å²) in [6.07, 6.45) is 6.08. The van der Waals surface area contributed by atoms with E-state index in [9.17, 15) is 18.0 Å². The van der Waals surface area contributed by atoms with Crippen LogP contribution in [0.4, 0.5) is 5.69 Å². The van der Waals surface area contributed by atoms with E-state index in [-0.39, 0.29) is 35.5 Å². The molecule has 10 heteroatoms. The molecule has 0 aliphatic heterocycles. The molecule has 2 amide bonds. The molecule has 4 aromatic carbocycles. The second-order valence-corrected chi connectivity index (χ2v) is 14.5. The highest BCUT2D eigenvalue weighted by atomic mass is 32.2. The normalized spacial score (nSPS) is 13.9. The molecule has 0 aromatic heterocycles. The second-order valence-electron chi connectivity index (χ2n) is 11.8. The van der Waals surface area contributed by atoms with Gasteiger partial charge in [0.15, 0.2) is 0 Å². The topological polar surface area (TPSA) is 96.0 Å². The van der Waals surface area contributed by atoms with Gasteiger partial charge < -0.3 is 15.0 Å². The molecule has 1 atom stereocenters.